The number of urea groups is 1. The number of carbonyl (C=O) groups excluding carboxylic acids is 1. The highest BCUT2D eigenvalue weighted by atomic mass is 16.2. The topological polar surface area (TPSA) is 77.8 Å². The van der Waals surface area contributed by atoms with E-state index in [-0.39, 0.29) is 12.6 Å². The number of carbonyl (C=O) groups is 1. The molecule has 0 aliphatic heterocycles. The lowest BCUT2D eigenvalue weighted by molar-refractivity contribution is 0.241. The molecule has 0 saturated heterocycles. The quantitative estimate of drug-likeness (QED) is 0.677. The van der Waals surface area contributed by atoms with Crippen molar-refractivity contribution in [3.63, 3.8) is 0 Å². The summed E-state index contributed by atoms with van der Waals surface area (Å²) in [7, 11) is 0. The number of hydrogen-bond donors (Lipinski definition) is 2. The molecule has 5 nitrogen and oxygen atoms in total. The Balaban J connectivity index is 2.28. The van der Waals surface area contributed by atoms with E-state index in [1.807, 2.05) is 18.2 Å². The van der Waals surface area contributed by atoms with Crippen LogP contribution in [0.4, 0.5) is 4.79 Å². The molecule has 1 aromatic rings. The summed E-state index contributed by atoms with van der Waals surface area (Å²) in [6.07, 6.45) is 1.66. The zero-order valence-electron chi connectivity index (χ0n) is 7.53. The number of nitrogens with one attached hydrogen (secondary N) is 2. The van der Waals surface area contributed by atoms with E-state index in [0.717, 1.165) is 5.69 Å². The fourth-order valence-corrected chi connectivity index (χ4v) is 0.856. The lowest BCUT2D eigenvalue weighted by Gasteiger charge is -2.03. The molecule has 1 heterocycles. The summed E-state index contributed by atoms with van der Waals surface area (Å²) in [4.78, 5) is 15.0. The Morgan fingerprint density at radius 3 is 3.00 bits per heavy atom. The van der Waals surface area contributed by atoms with E-state index in [1.165, 1.54) is 0 Å². The molecule has 0 bridgehead atoms. The van der Waals surface area contributed by atoms with Gasteiger partial charge in [0.25, 0.3) is 0 Å². The predicted octanol–water partition coefficient (Wildman–Crippen LogP) is 0.404. The van der Waals surface area contributed by atoms with Crippen LogP contribution in [-0.4, -0.2) is 17.6 Å². The Labute approximate surface area is 81.8 Å². The predicted molar refractivity (Wildman–Crippen MR) is 50.1 cm³/mol. The third-order valence-corrected chi connectivity index (χ3v) is 1.48. The van der Waals surface area contributed by atoms with Gasteiger partial charge in [0.05, 0.1) is 18.3 Å². The maximum Gasteiger partial charge on any atom is 0.315 e. The van der Waals surface area contributed by atoms with Crippen molar-refractivity contribution in [1.29, 1.82) is 5.26 Å². The van der Waals surface area contributed by atoms with Crippen molar-refractivity contribution in [1.82, 2.24) is 15.6 Å². The molecule has 0 atom stereocenters. The molecule has 0 aliphatic carbocycles. The van der Waals surface area contributed by atoms with Crippen molar-refractivity contribution in [2.45, 2.75) is 6.54 Å². The highest BCUT2D eigenvalue weighted by Gasteiger charge is 1.98. The number of pyridine rings is 1. The first kappa shape index (κ1) is 9.99. The minimum Gasteiger partial charge on any atom is -0.332 e. The van der Waals surface area contributed by atoms with Crippen molar-refractivity contribution in [2.75, 3.05) is 6.54 Å². The molecular formula is C9H10N4O. The fourth-order valence-electron chi connectivity index (χ4n) is 0.856. The SMILES string of the molecule is N#CCNC(=O)NCc1ccccn1. The van der Waals surface area contributed by atoms with Crippen LogP contribution < -0.4 is 10.6 Å². The summed E-state index contributed by atoms with van der Waals surface area (Å²) < 4.78 is 0. The van der Waals surface area contributed by atoms with Gasteiger partial charge in [-0.2, -0.15) is 5.26 Å². The van der Waals surface area contributed by atoms with E-state index in [0.29, 0.717) is 6.54 Å². The van der Waals surface area contributed by atoms with Crippen molar-refractivity contribution in [3.8, 4) is 6.07 Å². The van der Waals surface area contributed by atoms with Gasteiger partial charge in [-0.05, 0) is 12.1 Å². The number of nitriles is 1. The monoisotopic (exact) mass is 190 g/mol. The van der Waals surface area contributed by atoms with Crippen molar-refractivity contribution < 1.29 is 4.79 Å². The maximum atomic E-state index is 11.0. The van der Waals surface area contributed by atoms with Crippen molar-refractivity contribution in [3.05, 3.63) is 30.1 Å². The smallest absolute Gasteiger partial charge is 0.315 e. The average Bonchev–Trinajstić information content (AvgIpc) is 2.25. The second-order valence-corrected chi connectivity index (χ2v) is 2.52. The van der Waals surface area contributed by atoms with Gasteiger partial charge in [0.15, 0.2) is 0 Å². The fraction of sp³-hybridized carbons (Fsp3) is 0.222. The van der Waals surface area contributed by atoms with Gasteiger partial charge in [0, 0.05) is 6.20 Å². The van der Waals surface area contributed by atoms with Crippen LogP contribution in [0.2, 0.25) is 0 Å². The first-order valence-electron chi connectivity index (χ1n) is 4.11. The van der Waals surface area contributed by atoms with E-state index in [2.05, 4.69) is 15.6 Å². The number of rotatable bonds is 3. The lowest BCUT2D eigenvalue weighted by Crippen LogP contribution is -2.35. The Hall–Kier alpha value is -2.09. The third-order valence-electron chi connectivity index (χ3n) is 1.48. The van der Waals surface area contributed by atoms with Gasteiger partial charge in [0.1, 0.15) is 6.54 Å². The van der Waals surface area contributed by atoms with Crippen LogP contribution in [0.1, 0.15) is 5.69 Å². The zero-order chi connectivity index (χ0) is 10.2. The van der Waals surface area contributed by atoms with Crippen LogP contribution in [0.3, 0.4) is 0 Å². The van der Waals surface area contributed by atoms with E-state index >= 15 is 0 Å². The molecule has 5 heteroatoms. The molecule has 2 N–H and O–H groups in total. The number of aromatic nitrogens is 1. The summed E-state index contributed by atoms with van der Waals surface area (Å²) in [5, 5.41) is 13.1. The van der Waals surface area contributed by atoms with E-state index in [9.17, 15) is 4.79 Å². The second kappa shape index (κ2) is 5.54. The molecule has 14 heavy (non-hydrogen) atoms. The molecule has 0 saturated carbocycles. The molecule has 0 fully saturated rings. The molecule has 0 radical (unpaired) electrons. The standard InChI is InChI=1S/C9H10N4O/c10-4-6-12-9(14)13-7-8-3-1-2-5-11-8/h1-3,5H,6-7H2,(H2,12,13,14). The molecule has 0 spiro atoms. The largest absolute Gasteiger partial charge is 0.332 e. The molecule has 2 amide bonds. The van der Waals surface area contributed by atoms with Crippen LogP contribution in [0.15, 0.2) is 24.4 Å². The van der Waals surface area contributed by atoms with E-state index < -0.39 is 0 Å². The van der Waals surface area contributed by atoms with Gasteiger partial charge in [-0.1, -0.05) is 6.07 Å². The third kappa shape index (κ3) is 3.54. The average molecular weight is 190 g/mol. The van der Waals surface area contributed by atoms with Crippen LogP contribution in [0, 0.1) is 11.3 Å². The summed E-state index contributed by atoms with van der Waals surface area (Å²) >= 11 is 0. The number of nitrogens with zero attached hydrogens (tertiary/aromatic N) is 2. The van der Waals surface area contributed by atoms with E-state index in [4.69, 9.17) is 5.26 Å². The second-order valence-electron chi connectivity index (χ2n) is 2.52. The number of amides is 2. The van der Waals surface area contributed by atoms with Gasteiger partial charge in [-0.25, -0.2) is 4.79 Å². The summed E-state index contributed by atoms with van der Waals surface area (Å²) in [6, 6.07) is 6.90. The summed E-state index contributed by atoms with van der Waals surface area (Å²) in [5.74, 6) is 0. The number of hydrogen-bond acceptors (Lipinski definition) is 3. The molecule has 1 rings (SSSR count). The molecule has 1 aromatic heterocycles. The minimum absolute atomic E-state index is 0.00799. The summed E-state index contributed by atoms with van der Waals surface area (Å²) in [6.45, 7) is 0.367. The van der Waals surface area contributed by atoms with Gasteiger partial charge < -0.3 is 10.6 Å². The van der Waals surface area contributed by atoms with Gasteiger partial charge in [-0.15, -0.1) is 0 Å². The highest BCUT2D eigenvalue weighted by Crippen LogP contribution is 1.91. The van der Waals surface area contributed by atoms with Crippen molar-refractivity contribution in [2.24, 2.45) is 0 Å². The Kier molecular flexibility index (Phi) is 3.95. The van der Waals surface area contributed by atoms with E-state index in [1.54, 1.807) is 12.3 Å². The minimum atomic E-state index is -0.364. The zero-order valence-corrected chi connectivity index (χ0v) is 7.53. The lowest BCUT2D eigenvalue weighted by atomic mass is 10.3. The Bertz CT molecular complexity index is 330. The molecule has 72 valence electrons. The van der Waals surface area contributed by atoms with Crippen LogP contribution in [0.5, 0.6) is 0 Å². The Morgan fingerprint density at radius 1 is 1.50 bits per heavy atom. The van der Waals surface area contributed by atoms with Gasteiger partial charge in [0.2, 0.25) is 0 Å². The first-order valence-corrected chi connectivity index (χ1v) is 4.11. The first-order chi connectivity index (χ1) is 6.83. The van der Waals surface area contributed by atoms with Crippen molar-refractivity contribution >= 4 is 6.03 Å². The molecule has 0 unspecified atom stereocenters. The molecular weight excluding hydrogens is 180 g/mol. The maximum absolute atomic E-state index is 11.0. The van der Waals surface area contributed by atoms with Crippen LogP contribution in [0.25, 0.3) is 0 Å². The van der Waals surface area contributed by atoms with Crippen LogP contribution in [-0.2, 0) is 6.54 Å². The van der Waals surface area contributed by atoms with Crippen LogP contribution >= 0.6 is 0 Å². The normalized spacial score (nSPS) is 8.79. The highest BCUT2D eigenvalue weighted by molar-refractivity contribution is 5.73. The molecule has 0 aliphatic rings. The van der Waals surface area contributed by atoms with Gasteiger partial charge >= 0.3 is 6.03 Å². The molecule has 0 aromatic carbocycles. The summed E-state index contributed by atoms with van der Waals surface area (Å²) in [5.41, 5.74) is 0.777. The Morgan fingerprint density at radius 2 is 2.36 bits per heavy atom. The van der Waals surface area contributed by atoms with Gasteiger partial charge in [-0.3, -0.25) is 4.98 Å².